The molecule has 0 saturated carbocycles. The van der Waals surface area contributed by atoms with E-state index in [0.29, 0.717) is 0 Å². The van der Waals surface area contributed by atoms with E-state index in [4.69, 9.17) is 0 Å². The molecule has 1 atom stereocenters. The molecule has 100 valence electrons. The van der Waals surface area contributed by atoms with Gasteiger partial charge in [0, 0.05) is 4.47 Å². The van der Waals surface area contributed by atoms with Gasteiger partial charge in [-0.3, -0.25) is 0 Å². The standard InChI is InChI=1S/C18H15BrO/c1-18(20,14-9-11-15(19)12-10-14)17-8-4-6-13-5-2-3-7-16(13)17/h2-12,20H,1H3. The molecule has 3 rings (SSSR count). The number of rotatable bonds is 2. The number of hydrogen-bond donors (Lipinski definition) is 1. The largest absolute Gasteiger partial charge is 0.381 e. The van der Waals surface area contributed by atoms with Crippen molar-refractivity contribution in [3.8, 4) is 0 Å². The molecule has 0 spiro atoms. The zero-order chi connectivity index (χ0) is 14.2. The van der Waals surface area contributed by atoms with Crippen molar-refractivity contribution in [3.05, 3.63) is 82.3 Å². The van der Waals surface area contributed by atoms with Crippen LogP contribution >= 0.6 is 15.9 Å². The van der Waals surface area contributed by atoms with Crippen molar-refractivity contribution in [2.24, 2.45) is 0 Å². The van der Waals surface area contributed by atoms with Crippen LogP contribution in [0.3, 0.4) is 0 Å². The first-order valence-corrected chi connectivity index (χ1v) is 7.35. The average Bonchev–Trinajstić information content (AvgIpc) is 2.47. The minimum absolute atomic E-state index is 0.886. The van der Waals surface area contributed by atoms with Crippen molar-refractivity contribution in [1.29, 1.82) is 0 Å². The summed E-state index contributed by atoms with van der Waals surface area (Å²) >= 11 is 3.43. The molecule has 3 aromatic carbocycles. The van der Waals surface area contributed by atoms with Crippen LogP contribution in [0, 0.1) is 0 Å². The third-order valence-corrected chi connectivity index (χ3v) is 4.25. The van der Waals surface area contributed by atoms with Gasteiger partial charge in [0.25, 0.3) is 0 Å². The molecule has 0 aliphatic rings. The van der Waals surface area contributed by atoms with E-state index in [2.05, 4.69) is 34.1 Å². The van der Waals surface area contributed by atoms with Gasteiger partial charge in [-0.15, -0.1) is 0 Å². The van der Waals surface area contributed by atoms with Crippen molar-refractivity contribution in [2.75, 3.05) is 0 Å². The van der Waals surface area contributed by atoms with Crippen molar-refractivity contribution in [2.45, 2.75) is 12.5 Å². The molecule has 2 heteroatoms. The van der Waals surface area contributed by atoms with Crippen molar-refractivity contribution < 1.29 is 5.11 Å². The fourth-order valence-corrected chi connectivity index (χ4v) is 2.84. The van der Waals surface area contributed by atoms with Crippen LogP contribution in [0.4, 0.5) is 0 Å². The zero-order valence-electron chi connectivity index (χ0n) is 11.2. The number of fused-ring (bicyclic) bond motifs is 1. The smallest absolute Gasteiger partial charge is 0.112 e. The molecule has 1 nitrogen and oxygen atoms in total. The van der Waals surface area contributed by atoms with Gasteiger partial charge in [-0.1, -0.05) is 70.5 Å². The number of hydrogen-bond acceptors (Lipinski definition) is 1. The minimum Gasteiger partial charge on any atom is -0.381 e. The van der Waals surface area contributed by atoms with E-state index in [9.17, 15) is 5.11 Å². The Hall–Kier alpha value is -1.64. The second-order valence-corrected chi connectivity index (χ2v) is 6.02. The molecule has 3 aromatic rings. The molecule has 0 aliphatic carbocycles. The Morgan fingerprint density at radius 3 is 2.25 bits per heavy atom. The van der Waals surface area contributed by atoms with Gasteiger partial charge in [0.1, 0.15) is 5.60 Å². The maximum atomic E-state index is 11.0. The fraction of sp³-hybridized carbons (Fsp3) is 0.111. The predicted molar refractivity (Wildman–Crippen MR) is 86.8 cm³/mol. The minimum atomic E-state index is -1.01. The van der Waals surface area contributed by atoms with E-state index in [1.807, 2.05) is 55.5 Å². The van der Waals surface area contributed by atoms with Crippen LogP contribution in [0.2, 0.25) is 0 Å². The van der Waals surface area contributed by atoms with Crippen LogP contribution in [0.25, 0.3) is 10.8 Å². The zero-order valence-corrected chi connectivity index (χ0v) is 12.8. The average molecular weight is 327 g/mol. The summed E-state index contributed by atoms with van der Waals surface area (Å²) in [6, 6.07) is 22.0. The van der Waals surface area contributed by atoms with E-state index in [-0.39, 0.29) is 0 Å². The lowest BCUT2D eigenvalue weighted by Crippen LogP contribution is -2.23. The second kappa shape index (κ2) is 5.04. The maximum Gasteiger partial charge on any atom is 0.112 e. The summed E-state index contributed by atoms with van der Waals surface area (Å²) in [5.41, 5.74) is 0.802. The molecule has 20 heavy (non-hydrogen) atoms. The third-order valence-electron chi connectivity index (χ3n) is 3.72. The van der Waals surface area contributed by atoms with Crippen molar-refractivity contribution >= 4 is 26.7 Å². The molecule has 1 unspecified atom stereocenters. The fourth-order valence-electron chi connectivity index (χ4n) is 2.58. The highest BCUT2D eigenvalue weighted by Crippen LogP contribution is 2.34. The second-order valence-electron chi connectivity index (χ2n) is 5.11. The number of aliphatic hydroxyl groups is 1. The van der Waals surface area contributed by atoms with E-state index in [1.54, 1.807) is 0 Å². The van der Waals surface area contributed by atoms with Gasteiger partial charge in [0.2, 0.25) is 0 Å². The Kier molecular flexibility index (Phi) is 3.36. The lowest BCUT2D eigenvalue weighted by Gasteiger charge is -2.26. The van der Waals surface area contributed by atoms with Gasteiger partial charge >= 0.3 is 0 Å². The number of benzene rings is 3. The van der Waals surface area contributed by atoms with E-state index < -0.39 is 5.60 Å². The van der Waals surface area contributed by atoms with E-state index >= 15 is 0 Å². The lowest BCUT2D eigenvalue weighted by atomic mass is 9.85. The Morgan fingerprint density at radius 2 is 1.50 bits per heavy atom. The number of halogens is 1. The van der Waals surface area contributed by atoms with E-state index in [1.165, 1.54) is 0 Å². The Morgan fingerprint density at radius 1 is 0.850 bits per heavy atom. The maximum absolute atomic E-state index is 11.0. The highest BCUT2D eigenvalue weighted by molar-refractivity contribution is 9.10. The summed E-state index contributed by atoms with van der Waals surface area (Å²) in [5.74, 6) is 0. The van der Waals surface area contributed by atoms with Gasteiger partial charge in [-0.25, -0.2) is 0 Å². The summed E-state index contributed by atoms with van der Waals surface area (Å²) in [7, 11) is 0. The lowest BCUT2D eigenvalue weighted by molar-refractivity contribution is 0.104. The molecule has 0 amide bonds. The highest BCUT2D eigenvalue weighted by atomic mass is 79.9. The molecular weight excluding hydrogens is 312 g/mol. The SMILES string of the molecule is CC(O)(c1ccc(Br)cc1)c1cccc2ccccc12. The molecular formula is C18H15BrO. The Balaban J connectivity index is 2.20. The van der Waals surface area contributed by atoms with Crippen LogP contribution in [-0.2, 0) is 5.60 Å². The van der Waals surface area contributed by atoms with Crippen LogP contribution in [-0.4, -0.2) is 5.11 Å². The molecule has 0 aromatic heterocycles. The summed E-state index contributed by atoms with van der Waals surface area (Å²) in [6.07, 6.45) is 0. The quantitative estimate of drug-likeness (QED) is 0.713. The first-order valence-electron chi connectivity index (χ1n) is 6.56. The molecule has 1 N–H and O–H groups in total. The van der Waals surface area contributed by atoms with Gasteiger partial charge in [0.15, 0.2) is 0 Å². The monoisotopic (exact) mass is 326 g/mol. The normalized spacial score (nSPS) is 14.2. The third kappa shape index (κ3) is 2.26. The van der Waals surface area contributed by atoms with Crippen LogP contribution in [0.1, 0.15) is 18.1 Å². The van der Waals surface area contributed by atoms with Crippen LogP contribution in [0.5, 0.6) is 0 Å². The summed E-state index contributed by atoms with van der Waals surface area (Å²) < 4.78 is 1.01. The highest BCUT2D eigenvalue weighted by Gasteiger charge is 2.27. The molecule has 0 radical (unpaired) electrons. The first-order chi connectivity index (χ1) is 9.59. The van der Waals surface area contributed by atoms with Gasteiger partial charge in [-0.05, 0) is 41.0 Å². The predicted octanol–water partition coefficient (Wildman–Crippen LogP) is 4.86. The molecule has 0 bridgehead atoms. The van der Waals surface area contributed by atoms with Gasteiger partial charge < -0.3 is 5.11 Å². The first kappa shape index (κ1) is 13.3. The summed E-state index contributed by atoms with van der Waals surface area (Å²) in [5, 5.41) is 13.3. The molecule has 0 heterocycles. The molecule has 0 saturated heterocycles. The Bertz CT molecular complexity index is 739. The van der Waals surface area contributed by atoms with Crippen molar-refractivity contribution in [3.63, 3.8) is 0 Å². The van der Waals surface area contributed by atoms with Crippen molar-refractivity contribution in [1.82, 2.24) is 0 Å². The topological polar surface area (TPSA) is 20.2 Å². The van der Waals surface area contributed by atoms with Gasteiger partial charge in [-0.2, -0.15) is 0 Å². The van der Waals surface area contributed by atoms with Crippen LogP contribution in [0.15, 0.2) is 71.2 Å². The molecule has 0 aliphatic heterocycles. The molecule has 0 fully saturated rings. The van der Waals surface area contributed by atoms with Gasteiger partial charge in [0.05, 0.1) is 0 Å². The Labute approximate surface area is 127 Å². The van der Waals surface area contributed by atoms with E-state index in [0.717, 1.165) is 26.4 Å². The van der Waals surface area contributed by atoms with Crippen LogP contribution < -0.4 is 0 Å². The summed E-state index contributed by atoms with van der Waals surface area (Å²) in [6.45, 7) is 1.85. The summed E-state index contributed by atoms with van der Waals surface area (Å²) in [4.78, 5) is 0.